The van der Waals surface area contributed by atoms with Gasteiger partial charge in [-0.05, 0) is 24.3 Å². The summed E-state index contributed by atoms with van der Waals surface area (Å²) >= 11 is 0. The molecule has 3 heterocycles. The molecule has 0 fully saturated rings. The Morgan fingerprint density at radius 3 is 2.54 bits per heavy atom. The molecule has 0 aliphatic carbocycles. The van der Waals surface area contributed by atoms with E-state index in [1.165, 1.54) is 18.2 Å². The lowest BCUT2D eigenvalue weighted by atomic mass is 10.1. The average molecular weight is 390 g/mol. The van der Waals surface area contributed by atoms with E-state index in [-0.39, 0.29) is 5.82 Å². The predicted molar refractivity (Wildman–Crippen MR) is 95.7 cm³/mol. The van der Waals surface area contributed by atoms with Gasteiger partial charge in [0.25, 0.3) is 0 Å². The fourth-order valence-electron chi connectivity index (χ4n) is 3.49. The molecule has 0 bridgehead atoms. The van der Waals surface area contributed by atoms with Crippen molar-refractivity contribution in [3.63, 3.8) is 0 Å². The number of aromatic nitrogens is 3. The Morgan fingerprint density at radius 2 is 1.86 bits per heavy atom. The van der Waals surface area contributed by atoms with E-state index in [1.54, 1.807) is 12.3 Å². The Kier molecular flexibility index (Phi) is 4.66. The zero-order valence-corrected chi connectivity index (χ0v) is 15.2. The monoisotopic (exact) mass is 390 g/mol. The summed E-state index contributed by atoms with van der Waals surface area (Å²) in [5, 5.41) is 0. The van der Waals surface area contributed by atoms with Crippen molar-refractivity contribution in [1.29, 1.82) is 0 Å². The standard InChI is InChI=1S/C20H18F4N4/c1-27-18-12-28(11-17-15(21)3-2-9-25-17)10-8-16(18)26-19(27)13-4-6-14(7-5-13)20(22,23)24/h2-7,9H,8,10-12H2,1H3. The fourth-order valence-corrected chi connectivity index (χ4v) is 3.49. The number of imidazole rings is 1. The van der Waals surface area contributed by atoms with Gasteiger partial charge in [0.1, 0.15) is 11.6 Å². The topological polar surface area (TPSA) is 34.0 Å². The third kappa shape index (κ3) is 3.52. The van der Waals surface area contributed by atoms with Gasteiger partial charge in [-0.15, -0.1) is 0 Å². The van der Waals surface area contributed by atoms with Gasteiger partial charge in [0.15, 0.2) is 0 Å². The van der Waals surface area contributed by atoms with Crippen LogP contribution in [0.5, 0.6) is 0 Å². The van der Waals surface area contributed by atoms with Crippen molar-refractivity contribution >= 4 is 0 Å². The molecule has 0 unspecified atom stereocenters. The number of nitrogens with zero attached hydrogens (tertiary/aromatic N) is 4. The maximum absolute atomic E-state index is 13.9. The van der Waals surface area contributed by atoms with Gasteiger partial charge in [-0.2, -0.15) is 13.2 Å². The molecule has 0 saturated heterocycles. The molecule has 0 radical (unpaired) electrons. The van der Waals surface area contributed by atoms with Crippen molar-refractivity contribution in [2.75, 3.05) is 6.54 Å². The van der Waals surface area contributed by atoms with E-state index in [2.05, 4.69) is 14.9 Å². The number of rotatable bonds is 3. The quantitative estimate of drug-likeness (QED) is 0.629. The Bertz CT molecular complexity index is 992. The Labute approximate surface area is 159 Å². The van der Waals surface area contributed by atoms with Crippen LogP contribution in [-0.4, -0.2) is 26.0 Å². The van der Waals surface area contributed by atoms with Crippen molar-refractivity contribution in [2.24, 2.45) is 7.05 Å². The summed E-state index contributed by atoms with van der Waals surface area (Å²) in [5.41, 5.74) is 2.26. The van der Waals surface area contributed by atoms with E-state index < -0.39 is 11.7 Å². The molecule has 1 aliphatic heterocycles. The number of fused-ring (bicyclic) bond motifs is 1. The van der Waals surface area contributed by atoms with Crippen LogP contribution in [0.15, 0.2) is 42.6 Å². The maximum atomic E-state index is 13.9. The highest BCUT2D eigenvalue weighted by atomic mass is 19.4. The summed E-state index contributed by atoms with van der Waals surface area (Å²) in [6.45, 7) is 1.69. The van der Waals surface area contributed by atoms with Crippen LogP contribution in [0.4, 0.5) is 17.6 Å². The van der Waals surface area contributed by atoms with Crippen molar-refractivity contribution in [3.8, 4) is 11.4 Å². The summed E-state index contributed by atoms with van der Waals surface area (Å²) in [6.07, 6.45) is -2.10. The normalized spacial score (nSPS) is 14.9. The van der Waals surface area contributed by atoms with E-state index in [1.807, 2.05) is 11.6 Å². The molecular weight excluding hydrogens is 372 g/mol. The zero-order valence-electron chi connectivity index (χ0n) is 15.2. The molecule has 146 valence electrons. The van der Waals surface area contributed by atoms with Crippen LogP contribution in [0.1, 0.15) is 22.6 Å². The summed E-state index contributed by atoms with van der Waals surface area (Å²) in [4.78, 5) is 10.8. The minimum atomic E-state index is -4.36. The third-order valence-electron chi connectivity index (χ3n) is 5.01. The van der Waals surface area contributed by atoms with Crippen LogP contribution < -0.4 is 0 Å². The molecule has 0 N–H and O–H groups in total. The van der Waals surface area contributed by atoms with Gasteiger partial charge < -0.3 is 4.57 Å². The maximum Gasteiger partial charge on any atom is 0.416 e. The first kappa shape index (κ1) is 18.6. The van der Waals surface area contributed by atoms with E-state index in [4.69, 9.17) is 0 Å². The molecular formula is C20H18F4N4. The largest absolute Gasteiger partial charge is 0.416 e. The molecule has 1 aromatic carbocycles. The Hall–Kier alpha value is -2.74. The van der Waals surface area contributed by atoms with Gasteiger partial charge in [-0.1, -0.05) is 12.1 Å². The number of hydrogen-bond acceptors (Lipinski definition) is 3. The number of benzene rings is 1. The minimum absolute atomic E-state index is 0.330. The van der Waals surface area contributed by atoms with Gasteiger partial charge in [-0.3, -0.25) is 9.88 Å². The molecule has 4 rings (SSSR count). The highest BCUT2D eigenvalue weighted by Crippen LogP contribution is 2.32. The molecule has 0 spiro atoms. The van der Waals surface area contributed by atoms with Crippen LogP contribution in [0.2, 0.25) is 0 Å². The summed E-state index contributed by atoms with van der Waals surface area (Å²) < 4.78 is 54.1. The lowest BCUT2D eigenvalue weighted by Crippen LogP contribution is -2.31. The molecule has 0 atom stereocenters. The lowest BCUT2D eigenvalue weighted by molar-refractivity contribution is -0.137. The van der Waals surface area contributed by atoms with Crippen LogP contribution in [0, 0.1) is 5.82 Å². The fraction of sp³-hybridized carbons (Fsp3) is 0.300. The average Bonchev–Trinajstić information content (AvgIpc) is 2.99. The third-order valence-corrected chi connectivity index (χ3v) is 5.01. The number of halogens is 4. The number of pyridine rings is 1. The van der Waals surface area contributed by atoms with Crippen LogP contribution in [0.3, 0.4) is 0 Å². The highest BCUT2D eigenvalue weighted by Gasteiger charge is 2.30. The van der Waals surface area contributed by atoms with Gasteiger partial charge in [0.2, 0.25) is 0 Å². The van der Waals surface area contributed by atoms with E-state index in [9.17, 15) is 17.6 Å². The molecule has 3 aromatic rings. The van der Waals surface area contributed by atoms with Gasteiger partial charge >= 0.3 is 6.18 Å². The van der Waals surface area contributed by atoms with Crippen molar-refractivity contribution in [2.45, 2.75) is 25.7 Å². The van der Waals surface area contributed by atoms with Gasteiger partial charge in [0.05, 0.1) is 22.6 Å². The summed E-state index contributed by atoms with van der Waals surface area (Å²) in [5.74, 6) is 0.299. The number of hydrogen-bond donors (Lipinski definition) is 0. The molecule has 0 amide bonds. The second-order valence-corrected chi connectivity index (χ2v) is 6.86. The van der Waals surface area contributed by atoms with Crippen molar-refractivity contribution in [3.05, 3.63) is 71.1 Å². The summed E-state index contributed by atoms with van der Waals surface area (Å²) in [7, 11) is 1.85. The first-order valence-corrected chi connectivity index (χ1v) is 8.87. The predicted octanol–water partition coefficient (Wildman–Crippen LogP) is 4.20. The molecule has 0 saturated carbocycles. The SMILES string of the molecule is Cn1c(-c2ccc(C(F)(F)F)cc2)nc2c1CN(Cc1ncccc1F)CC2. The highest BCUT2D eigenvalue weighted by molar-refractivity contribution is 5.58. The number of alkyl halides is 3. The van der Waals surface area contributed by atoms with E-state index in [0.717, 1.165) is 23.5 Å². The second-order valence-electron chi connectivity index (χ2n) is 6.86. The first-order valence-electron chi connectivity index (χ1n) is 8.87. The van der Waals surface area contributed by atoms with Crippen LogP contribution >= 0.6 is 0 Å². The van der Waals surface area contributed by atoms with E-state index in [0.29, 0.717) is 43.1 Å². The molecule has 2 aromatic heterocycles. The zero-order chi connectivity index (χ0) is 19.9. The first-order chi connectivity index (χ1) is 13.3. The lowest BCUT2D eigenvalue weighted by Gasteiger charge is -2.26. The Morgan fingerprint density at radius 1 is 1.11 bits per heavy atom. The second kappa shape index (κ2) is 7.01. The van der Waals surface area contributed by atoms with Crippen molar-refractivity contribution in [1.82, 2.24) is 19.4 Å². The van der Waals surface area contributed by atoms with E-state index >= 15 is 0 Å². The summed E-state index contributed by atoms with van der Waals surface area (Å²) in [6, 6.07) is 7.97. The van der Waals surface area contributed by atoms with Crippen LogP contribution in [0.25, 0.3) is 11.4 Å². The van der Waals surface area contributed by atoms with Crippen LogP contribution in [-0.2, 0) is 32.7 Å². The molecule has 8 heteroatoms. The Balaban J connectivity index is 1.57. The van der Waals surface area contributed by atoms with Crippen molar-refractivity contribution < 1.29 is 17.6 Å². The minimum Gasteiger partial charge on any atom is -0.330 e. The van der Waals surface area contributed by atoms with Gasteiger partial charge in [-0.25, -0.2) is 9.37 Å². The molecule has 28 heavy (non-hydrogen) atoms. The smallest absolute Gasteiger partial charge is 0.330 e. The molecule has 4 nitrogen and oxygen atoms in total. The van der Waals surface area contributed by atoms with Gasteiger partial charge in [0, 0.05) is 44.9 Å². The molecule has 1 aliphatic rings.